The molecule has 0 saturated carbocycles. The molecule has 6 atom stereocenters. The fourth-order valence-electron chi connectivity index (χ4n) is 6.29. The van der Waals surface area contributed by atoms with Crippen LogP contribution >= 0.6 is 0 Å². The van der Waals surface area contributed by atoms with Crippen molar-refractivity contribution < 1.29 is 29.0 Å². The van der Waals surface area contributed by atoms with Gasteiger partial charge in [-0.25, -0.2) is 0 Å². The molecule has 1 spiro atoms. The number of carboxylic acids is 1. The number of benzene rings is 1. The van der Waals surface area contributed by atoms with Crippen molar-refractivity contribution in [2.45, 2.75) is 43.1 Å². The molecule has 0 aromatic heterocycles. The van der Waals surface area contributed by atoms with Crippen LogP contribution in [0.25, 0.3) is 0 Å². The Labute approximate surface area is 173 Å². The van der Waals surface area contributed by atoms with E-state index in [1.54, 1.807) is 24.2 Å². The molecule has 0 aliphatic carbocycles. The summed E-state index contributed by atoms with van der Waals surface area (Å²) < 4.78 is 11.6. The van der Waals surface area contributed by atoms with E-state index < -0.39 is 29.5 Å². The lowest BCUT2D eigenvalue weighted by molar-refractivity contribution is -0.146. The maximum atomic E-state index is 13.6. The van der Waals surface area contributed by atoms with Crippen LogP contribution in [0.5, 0.6) is 5.75 Å². The number of amides is 2. The van der Waals surface area contributed by atoms with E-state index in [9.17, 15) is 19.5 Å². The second kappa shape index (κ2) is 5.85. The smallest absolute Gasteiger partial charge is 0.310 e. The molecule has 5 heterocycles. The minimum Gasteiger partial charge on any atom is -0.497 e. The fourth-order valence-corrected chi connectivity index (χ4v) is 6.29. The maximum absolute atomic E-state index is 13.6. The summed E-state index contributed by atoms with van der Waals surface area (Å²) in [6.07, 6.45) is 4.94. The van der Waals surface area contributed by atoms with Gasteiger partial charge in [-0.15, -0.1) is 0 Å². The van der Waals surface area contributed by atoms with Crippen molar-refractivity contribution in [2.75, 3.05) is 18.6 Å². The van der Waals surface area contributed by atoms with Crippen LogP contribution in [0.3, 0.4) is 0 Å². The highest BCUT2D eigenvalue weighted by Gasteiger charge is 2.72. The molecule has 1 aromatic rings. The minimum atomic E-state index is -1.01. The molecule has 2 amide bonds. The SMILES string of the molecule is COc1ccc2c(c1)[C@@H](N1CCCC1=O)CC1N2C(=O)[C@@H]2[C@H](C(=O)O)[C@H]3C=C[C@@]12O3. The molecule has 3 fully saturated rings. The van der Waals surface area contributed by atoms with Gasteiger partial charge in [0.2, 0.25) is 11.8 Å². The Hall–Kier alpha value is -2.87. The van der Waals surface area contributed by atoms with Gasteiger partial charge >= 0.3 is 5.97 Å². The van der Waals surface area contributed by atoms with E-state index in [1.807, 2.05) is 23.1 Å². The molecule has 1 aromatic carbocycles. The van der Waals surface area contributed by atoms with Gasteiger partial charge in [0.25, 0.3) is 0 Å². The molecule has 156 valence electrons. The van der Waals surface area contributed by atoms with Gasteiger partial charge in [0, 0.05) is 24.2 Å². The van der Waals surface area contributed by atoms with E-state index >= 15 is 0 Å². The first kappa shape index (κ1) is 17.9. The van der Waals surface area contributed by atoms with Crippen LogP contribution in [0.2, 0.25) is 0 Å². The Bertz CT molecular complexity index is 1020. The lowest BCUT2D eigenvalue weighted by atomic mass is 9.73. The number of carbonyl (C=O) groups excluding carboxylic acids is 2. The van der Waals surface area contributed by atoms with Crippen LogP contribution in [0.15, 0.2) is 30.4 Å². The lowest BCUT2D eigenvalue weighted by Crippen LogP contribution is -2.50. The van der Waals surface area contributed by atoms with Gasteiger partial charge in [-0.3, -0.25) is 14.4 Å². The highest BCUT2D eigenvalue weighted by molar-refractivity contribution is 6.04. The van der Waals surface area contributed by atoms with Crippen molar-refractivity contribution in [2.24, 2.45) is 11.8 Å². The van der Waals surface area contributed by atoms with Crippen molar-refractivity contribution in [3.63, 3.8) is 0 Å². The van der Waals surface area contributed by atoms with Crippen molar-refractivity contribution in [3.05, 3.63) is 35.9 Å². The molecular weight excluding hydrogens is 388 g/mol. The Kier molecular flexibility index (Phi) is 3.50. The summed E-state index contributed by atoms with van der Waals surface area (Å²) in [5, 5.41) is 9.80. The van der Waals surface area contributed by atoms with Gasteiger partial charge in [-0.2, -0.15) is 0 Å². The molecule has 1 unspecified atom stereocenters. The number of ether oxygens (including phenoxy) is 2. The predicted octanol–water partition coefficient (Wildman–Crippen LogP) is 1.50. The van der Waals surface area contributed by atoms with Gasteiger partial charge in [-0.05, 0) is 31.0 Å². The number of carbonyl (C=O) groups is 3. The van der Waals surface area contributed by atoms with Crippen LogP contribution < -0.4 is 9.64 Å². The highest BCUT2D eigenvalue weighted by Crippen LogP contribution is 2.60. The first-order valence-corrected chi connectivity index (χ1v) is 10.4. The average Bonchev–Trinajstić information content (AvgIpc) is 3.48. The number of likely N-dealkylation sites (tertiary alicyclic amines) is 1. The Morgan fingerprint density at radius 1 is 1.33 bits per heavy atom. The number of rotatable bonds is 3. The van der Waals surface area contributed by atoms with Crippen LogP contribution in [0.1, 0.15) is 30.9 Å². The van der Waals surface area contributed by atoms with E-state index in [1.165, 1.54) is 0 Å². The number of carboxylic acid groups (broad SMARTS) is 1. The van der Waals surface area contributed by atoms with Gasteiger partial charge in [-0.1, -0.05) is 12.2 Å². The summed E-state index contributed by atoms with van der Waals surface area (Å²) in [5.74, 6) is -2.09. The zero-order valence-electron chi connectivity index (χ0n) is 16.5. The van der Waals surface area contributed by atoms with Crippen LogP contribution in [0.4, 0.5) is 5.69 Å². The second-order valence-electron chi connectivity index (χ2n) is 8.73. The monoisotopic (exact) mass is 410 g/mol. The van der Waals surface area contributed by atoms with Crippen molar-refractivity contribution >= 4 is 23.5 Å². The summed E-state index contributed by atoms with van der Waals surface area (Å²) in [6.45, 7) is 0.675. The molecule has 0 radical (unpaired) electrons. The molecule has 5 aliphatic rings. The number of hydrogen-bond acceptors (Lipinski definition) is 5. The van der Waals surface area contributed by atoms with E-state index in [2.05, 4.69) is 0 Å². The van der Waals surface area contributed by atoms with Gasteiger partial charge in [0.1, 0.15) is 17.3 Å². The normalized spacial score (nSPS) is 38.1. The number of hydrogen-bond donors (Lipinski definition) is 1. The number of aliphatic carboxylic acids is 1. The van der Waals surface area contributed by atoms with E-state index in [-0.39, 0.29) is 23.9 Å². The molecule has 8 heteroatoms. The zero-order chi connectivity index (χ0) is 20.8. The van der Waals surface area contributed by atoms with Crippen LogP contribution in [0, 0.1) is 11.8 Å². The summed E-state index contributed by atoms with van der Waals surface area (Å²) in [7, 11) is 1.59. The van der Waals surface area contributed by atoms with E-state index in [4.69, 9.17) is 9.47 Å². The number of methoxy groups -OCH3 is 1. The van der Waals surface area contributed by atoms with Crippen LogP contribution in [-0.4, -0.2) is 59.2 Å². The zero-order valence-corrected chi connectivity index (χ0v) is 16.5. The largest absolute Gasteiger partial charge is 0.497 e. The minimum absolute atomic E-state index is 0.108. The average molecular weight is 410 g/mol. The van der Waals surface area contributed by atoms with Gasteiger partial charge in [0.15, 0.2) is 0 Å². The molecule has 1 N–H and O–H groups in total. The quantitative estimate of drug-likeness (QED) is 0.759. The van der Waals surface area contributed by atoms with Gasteiger partial charge < -0.3 is 24.4 Å². The molecule has 5 aliphatic heterocycles. The molecule has 30 heavy (non-hydrogen) atoms. The summed E-state index contributed by atoms with van der Waals surface area (Å²) in [5.41, 5.74) is 0.634. The van der Waals surface area contributed by atoms with Crippen molar-refractivity contribution in [3.8, 4) is 5.75 Å². The molecular formula is C22H22N2O6. The van der Waals surface area contributed by atoms with E-state index in [0.29, 0.717) is 25.1 Å². The van der Waals surface area contributed by atoms with Crippen LogP contribution in [-0.2, 0) is 19.1 Å². The lowest BCUT2D eigenvalue weighted by Gasteiger charge is -2.44. The third-order valence-corrected chi connectivity index (χ3v) is 7.49. The highest BCUT2D eigenvalue weighted by atomic mass is 16.5. The standard InChI is InChI=1S/C22H22N2O6/c1-29-11-4-5-13-12(9-11)14(23-8-2-3-17(23)25)10-16-22-7-6-15(30-22)18(21(27)28)19(22)20(26)24(13)16/h4-7,9,14-16,18-19H,2-3,8,10H2,1H3,(H,27,28)/t14-,15+,16?,18+,19-,22+/m0/s1. The molecule has 3 saturated heterocycles. The van der Waals surface area contributed by atoms with E-state index in [0.717, 1.165) is 17.7 Å². The summed E-state index contributed by atoms with van der Waals surface area (Å²) in [6, 6.07) is 4.98. The van der Waals surface area contributed by atoms with Crippen molar-refractivity contribution in [1.29, 1.82) is 0 Å². The Morgan fingerprint density at radius 3 is 2.87 bits per heavy atom. The topological polar surface area (TPSA) is 96.4 Å². The third-order valence-electron chi connectivity index (χ3n) is 7.49. The molecule has 2 bridgehead atoms. The molecule has 8 nitrogen and oxygen atoms in total. The number of anilines is 1. The first-order chi connectivity index (χ1) is 14.5. The van der Waals surface area contributed by atoms with Gasteiger partial charge in [0.05, 0.1) is 31.2 Å². The van der Waals surface area contributed by atoms with Crippen molar-refractivity contribution in [1.82, 2.24) is 4.90 Å². The number of fused-ring (bicyclic) bond motifs is 4. The summed E-state index contributed by atoms with van der Waals surface area (Å²) in [4.78, 5) is 41.8. The first-order valence-electron chi connectivity index (χ1n) is 10.4. The Morgan fingerprint density at radius 2 is 2.17 bits per heavy atom. The predicted molar refractivity (Wildman–Crippen MR) is 104 cm³/mol. The maximum Gasteiger partial charge on any atom is 0.310 e. The molecule has 6 rings (SSSR count). The third kappa shape index (κ3) is 2.02. The number of nitrogens with zero attached hydrogens (tertiary/aromatic N) is 2. The summed E-state index contributed by atoms with van der Waals surface area (Å²) >= 11 is 0. The fraction of sp³-hybridized carbons (Fsp3) is 0.500. The second-order valence-corrected chi connectivity index (χ2v) is 8.73. The Balaban J connectivity index is 1.51.